The van der Waals surface area contributed by atoms with E-state index in [1.165, 1.54) is 10.9 Å². The molecule has 1 aromatic rings. The molecule has 22 heavy (non-hydrogen) atoms. The summed E-state index contributed by atoms with van der Waals surface area (Å²) >= 11 is 0. The molecule has 2 rings (SSSR count). The number of hydrogen-bond donors (Lipinski definition) is 2. The Labute approximate surface area is 126 Å². The second kappa shape index (κ2) is 7.01. The number of nitrogens with zero attached hydrogens (tertiary/aromatic N) is 3. The normalized spacial score (nSPS) is 21.3. The fourth-order valence-corrected chi connectivity index (χ4v) is 2.57. The molecule has 0 aliphatic heterocycles. The molecule has 0 atom stereocenters. The quantitative estimate of drug-likeness (QED) is 0.594. The van der Waals surface area contributed by atoms with Crippen molar-refractivity contribution >= 4 is 17.6 Å². The molecular weight excluding hydrogens is 292 g/mol. The number of nitrogens with one attached hydrogen (secondary N) is 1. The average Bonchev–Trinajstić information content (AvgIpc) is 2.95. The van der Waals surface area contributed by atoms with Crippen LogP contribution in [0, 0.1) is 16.0 Å². The predicted octanol–water partition coefficient (Wildman–Crippen LogP) is 0.941. The maximum Gasteiger partial charge on any atom is 0.306 e. The van der Waals surface area contributed by atoms with Crippen molar-refractivity contribution in [2.24, 2.45) is 5.92 Å². The molecular formula is C13H18N4O5. The third-order valence-electron chi connectivity index (χ3n) is 3.84. The van der Waals surface area contributed by atoms with E-state index >= 15 is 0 Å². The molecule has 1 amide bonds. The van der Waals surface area contributed by atoms with Gasteiger partial charge in [0.15, 0.2) is 0 Å². The van der Waals surface area contributed by atoms with Crippen LogP contribution in [0.3, 0.4) is 0 Å². The molecule has 1 saturated carbocycles. The Hall–Kier alpha value is -2.45. The van der Waals surface area contributed by atoms with Crippen molar-refractivity contribution in [3.63, 3.8) is 0 Å². The van der Waals surface area contributed by atoms with Crippen LogP contribution in [0.1, 0.15) is 32.1 Å². The van der Waals surface area contributed by atoms with Gasteiger partial charge in [-0.25, -0.2) is 0 Å². The maximum atomic E-state index is 11.8. The molecule has 0 radical (unpaired) electrons. The van der Waals surface area contributed by atoms with Gasteiger partial charge in [0.1, 0.15) is 12.4 Å². The van der Waals surface area contributed by atoms with Crippen molar-refractivity contribution in [1.29, 1.82) is 0 Å². The smallest absolute Gasteiger partial charge is 0.306 e. The molecule has 0 spiro atoms. The number of rotatable bonds is 6. The lowest BCUT2D eigenvalue weighted by Gasteiger charge is -2.26. The van der Waals surface area contributed by atoms with E-state index in [1.807, 2.05) is 0 Å². The third-order valence-corrected chi connectivity index (χ3v) is 3.84. The summed E-state index contributed by atoms with van der Waals surface area (Å²) in [5.74, 6) is -1.24. The number of carboxylic acid groups (broad SMARTS) is 1. The van der Waals surface area contributed by atoms with Crippen LogP contribution in [0.25, 0.3) is 0 Å². The molecule has 2 N–H and O–H groups in total. The Balaban J connectivity index is 1.72. The minimum absolute atomic E-state index is 0.00931. The number of aryl methyl sites for hydroxylation is 1. The number of hydrogen-bond acceptors (Lipinski definition) is 5. The first-order valence-electron chi connectivity index (χ1n) is 7.14. The zero-order valence-electron chi connectivity index (χ0n) is 12.0. The first kappa shape index (κ1) is 15.9. The Kier molecular flexibility index (Phi) is 5.08. The van der Waals surface area contributed by atoms with E-state index in [0.29, 0.717) is 25.7 Å². The van der Waals surface area contributed by atoms with Gasteiger partial charge in [-0.05, 0) is 25.7 Å². The number of carboxylic acids is 1. The number of amides is 1. The number of carbonyl (C=O) groups is 2. The first-order chi connectivity index (χ1) is 10.5. The van der Waals surface area contributed by atoms with E-state index in [1.54, 1.807) is 0 Å². The molecule has 1 aromatic heterocycles. The van der Waals surface area contributed by atoms with Crippen LogP contribution in [-0.2, 0) is 16.1 Å². The minimum atomic E-state index is -0.773. The summed E-state index contributed by atoms with van der Waals surface area (Å²) in [5, 5.41) is 26.1. The van der Waals surface area contributed by atoms with Crippen molar-refractivity contribution in [2.75, 3.05) is 0 Å². The van der Waals surface area contributed by atoms with Crippen molar-refractivity contribution < 1.29 is 19.6 Å². The second-order valence-electron chi connectivity index (χ2n) is 5.42. The highest BCUT2D eigenvalue weighted by atomic mass is 16.6. The van der Waals surface area contributed by atoms with Crippen LogP contribution < -0.4 is 5.32 Å². The summed E-state index contributed by atoms with van der Waals surface area (Å²) < 4.78 is 1.36. The number of nitro groups is 1. The van der Waals surface area contributed by atoms with Crippen LogP contribution in [-0.4, -0.2) is 37.7 Å². The standard InChI is InChI=1S/C13H18N4O5/c18-12(5-6-16-8-11(7-14-16)17(21)22)15-10-3-1-9(2-4-10)13(19)20/h7-10H,1-6H2,(H,15,18)(H,19,20). The lowest BCUT2D eigenvalue weighted by molar-refractivity contribution is -0.385. The fourth-order valence-electron chi connectivity index (χ4n) is 2.57. The summed E-state index contributed by atoms with van der Waals surface area (Å²) in [4.78, 5) is 32.7. The van der Waals surface area contributed by atoms with Crippen LogP contribution in [0.15, 0.2) is 12.4 Å². The molecule has 1 aliphatic carbocycles. The van der Waals surface area contributed by atoms with E-state index < -0.39 is 10.9 Å². The summed E-state index contributed by atoms with van der Waals surface area (Å²) in [7, 11) is 0. The van der Waals surface area contributed by atoms with Gasteiger partial charge in [-0.1, -0.05) is 0 Å². The van der Waals surface area contributed by atoms with Crippen molar-refractivity contribution in [3.8, 4) is 0 Å². The van der Waals surface area contributed by atoms with Crippen molar-refractivity contribution in [1.82, 2.24) is 15.1 Å². The van der Waals surface area contributed by atoms with Crippen LogP contribution in [0.4, 0.5) is 5.69 Å². The van der Waals surface area contributed by atoms with Crippen LogP contribution in [0.5, 0.6) is 0 Å². The zero-order valence-corrected chi connectivity index (χ0v) is 12.0. The number of carbonyl (C=O) groups excluding carboxylic acids is 1. The Morgan fingerprint density at radius 3 is 2.64 bits per heavy atom. The highest BCUT2D eigenvalue weighted by molar-refractivity contribution is 5.76. The lowest BCUT2D eigenvalue weighted by atomic mass is 9.86. The average molecular weight is 310 g/mol. The molecule has 0 aromatic carbocycles. The van der Waals surface area contributed by atoms with Gasteiger partial charge in [-0.2, -0.15) is 5.10 Å². The predicted molar refractivity (Wildman–Crippen MR) is 75.0 cm³/mol. The van der Waals surface area contributed by atoms with Crippen molar-refractivity contribution in [2.45, 2.75) is 44.7 Å². The number of aromatic nitrogens is 2. The van der Waals surface area contributed by atoms with Gasteiger partial charge in [0.2, 0.25) is 5.91 Å². The molecule has 0 unspecified atom stereocenters. The topological polar surface area (TPSA) is 127 Å². The Bertz CT molecular complexity index is 563. The monoisotopic (exact) mass is 310 g/mol. The van der Waals surface area contributed by atoms with E-state index in [9.17, 15) is 19.7 Å². The molecule has 120 valence electrons. The first-order valence-corrected chi connectivity index (χ1v) is 7.14. The molecule has 9 nitrogen and oxygen atoms in total. The summed E-state index contributed by atoms with van der Waals surface area (Å²) in [6.07, 6.45) is 5.08. The second-order valence-corrected chi connectivity index (χ2v) is 5.42. The maximum absolute atomic E-state index is 11.8. The van der Waals surface area contributed by atoms with Gasteiger partial charge >= 0.3 is 11.7 Å². The van der Waals surface area contributed by atoms with Gasteiger partial charge in [0.05, 0.1) is 10.8 Å². The molecule has 1 heterocycles. The van der Waals surface area contributed by atoms with Gasteiger partial charge in [-0.3, -0.25) is 24.4 Å². The Morgan fingerprint density at radius 1 is 1.41 bits per heavy atom. The fraction of sp³-hybridized carbons (Fsp3) is 0.615. The molecule has 0 saturated heterocycles. The largest absolute Gasteiger partial charge is 0.481 e. The minimum Gasteiger partial charge on any atom is -0.481 e. The Morgan fingerprint density at radius 2 is 2.09 bits per heavy atom. The lowest BCUT2D eigenvalue weighted by Crippen LogP contribution is -2.39. The molecule has 1 fully saturated rings. The van der Waals surface area contributed by atoms with E-state index in [-0.39, 0.29) is 36.5 Å². The molecule has 9 heteroatoms. The summed E-state index contributed by atoms with van der Waals surface area (Å²) in [6, 6.07) is 0.00931. The van der Waals surface area contributed by atoms with Gasteiger partial charge in [0, 0.05) is 19.0 Å². The van der Waals surface area contributed by atoms with Crippen LogP contribution >= 0.6 is 0 Å². The van der Waals surface area contributed by atoms with Crippen LogP contribution in [0.2, 0.25) is 0 Å². The zero-order chi connectivity index (χ0) is 16.1. The summed E-state index contributed by atoms with van der Waals surface area (Å²) in [5.41, 5.74) is -0.104. The van der Waals surface area contributed by atoms with Gasteiger partial charge < -0.3 is 10.4 Å². The van der Waals surface area contributed by atoms with E-state index in [4.69, 9.17) is 5.11 Å². The van der Waals surface area contributed by atoms with E-state index in [0.717, 1.165) is 6.20 Å². The molecule has 1 aliphatic rings. The number of aliphatic carboxylic acids is 1. The van der Waals surface area contributed by atoms with Crippen molar-refractivity contribution in [3.05, 3.63) is 22.5 Å². The highest BCUT2D eigenvalue weighted by Crippen LogP contribution is 2.24. The SMILES string of the molecule is O=C(CCn1cc([N+](=O)[O-])cn1)NC1CCC(C(=O)O)CC1. The highest BCUT2D eigenvalue weighted by Gasteiger charge is 2.26. The molecule has 0 bridgehead atoms. The van der Waals surface area contributed by atoms with E-state index in [2.05, 4.69) is 10.4 Å². The van der Waals surface area contributed by atoms with Gasteiger partial charge in [0.25, 0.3) is 0 Å². The summed E-state index contributed by atoms with van der Waals surface area (Å²) in [6.45, 7) is 0.268. The van der Waals surface area contributed by atoms with Gasteiger partial charge in [-0.15, -0.1) is 0 Å². The third kappa shape index (κ3) is 4.27.